The minimum absolute atomic E-state index is 0.224. The number of fused-ring (bicyclic) bond motifs is 1. The molecule has 3 aromatic rings. The number of para-hydroxylation sites is 1. The summed E-state index contributed by atoms with van der Waals surface area (Å²) in [5.74, 6) is -0.284. The molecule has 0 atom stereocenters. The van der Waals surface area contributed by atoms with Crippen LogP contribution in [0.5, 0.6) is 0 Å². The lowest BCUT2D eigenvalue weighted by Gasteiger charge is -2.20. The number of nitrogens with zero attached hydrogens (tertiary/aromatic N) is 3. The summed E-state index contributed by atoms with van der Waals surface area (Å²) in [7, 11) is 0. The number of hydrogen-bond donors (Lipinski definition) is 1. The maximum Gasteiger partial charge on any atom is 0.287 e. The van der Waals surface area contributed by atoms with Crippen molar-refractivity contribution in [1.82, 2.24) is 14.7 Å². The molecule has 0 unspecified atom stereocenters. The molecule has 2 aromatic heterocycles. The van der Waals surface area contributed by atoms with Crippen LogP contribution in [-0.2, 0) is 0 Å². The molecule has 6 heteroatoms. The smallest absolute Gasteiger partial charge is 0.287 e. The molecule has 0 fully saturated rings. The average molecular weight is 350 g/mol. The van der Waals surface area contributed by atoms with Crippen molar-refractivity contribution >= 4 is 23.0 Å². The first kappa shape index (κ1) is 17.7. The Morgan fingerprint density at radius 3 is 2.50 bits per heavy atom. The van der Waals surface area contributed by atoms with Crippen LogP contribution in [0.3, 0.4) is 0 Å². The highest BCUT2D eigenvalue weighted by Crippen LogP contribution is 2.20. The SMILES string of the molecule is CCCNC(=O)c1nc(C(=O)N(CC)c2ccccc2)c2ccccn12. The molecular formula is C20H22N4O2. The van der Waals surface area contributed by atoms with Crippen LogP contribution >= 0.6 is 0 Å². The van der Waals surface area contributed by atoms with E-state index in [4.69, 9.17) is 0 Å². The lowest BCUT2D eigenvalue weighted by atomic mass is 10.2. The van der Waals surface area contributed by atoms with Gasteiger partial charge < -0.3 is 10.2 Å². The van der Waals surface area contributed by atoms with Crippen molar-refractivity contribution in [3.63, 3.8) is 0 Å². The van der Waals surface area contributed by atoms with Gasteiger partial charge in [-0.05, 0) is 37.6 Å². The second-order valence-electron chi connectivity index (χ2n) is 5.88. The zero-order chi connectivity index (χ0) is 18.5. The van der Waals surface area contributed by atoms with E-state index in [-0.39, 0.29) is 23.3 Å². The highest BCUT2D eigenvalue weighted by atomic mass is 16.2. The summed E-state index contributed by atoms with van der Waals surface area (Å²) < 4.78 is 1.66. The molecule has 0 radical (unpaired) electrons. The minimum atomic E-state index is -0.283. The normalized spacial score (nSPS) is 10.7. The summed E-state index contributed by atoms with van der Waals surface area (Å²) in [6, 6.07) is 14.9. The summed E-state index contributed by atoms with van der Waals surface area (Å²) >= 11 is 0. The van der Waals surface area contributed by atoms with Gasteiger partial charge in [0, 0.05) is 25.0 Å². The van der Waals surface area contributed by atoms with Gasteiger partial charge in [-0.15, -0.1) is 0 Å². The van der Waals surface area contributed by atoms with Gasteiger partial charge >= 0.3 is 0 Å². The number of imidazole rings is 1. The van der Waals surface area contributed by atoms with Crippen molar-refractivity contribution in [1.29, 1.82) is 0 Å². The number of benzene rings is 1. The minimum Gasteiger partial charge on any atom is -0.349 e. The molecule has 134 valence electrons. The van der Waals surface area contributed by atoms with E-state index < -0.39 is 0 Å². The summed E-state index contributed by atoms with van der Waals surface area (Å²) in [6.45, 7) is 4.97. The Morgan fingerprint density at radius 1 is 1.08 bits per heavy atom. The molecule has 26 heavy (non-hydrogen) atoms. The van der Waals surface area contributed by atoms with Crippen molar-refractivity contribution in [3.05, 3.63) is 66.2 Å². The molecule has 0 saturated heterocycles. The Bertz CT molecular complexity index is 918. The second kappa shape index (κ2) is 7.82. The number of anilines is 1. The molecule has 0 aliphatic rings. The Labute approximate surface area is 152 Å². The largest absolute Gasteiger partial charge is 0.349 e. The molecule has 0 spiro atoms. The van der Waals surface area contributed by atoms with Gasteiger partial charge in [0.25, 0.3) is 11.8 Å². The van der Waals surface area contributed by atoms with Crippen molar-refractivity contribution in [2.24, 2.45) is 0 Å². The van der Waals surface area contributed by atoms with Crippen LogP contribution in [0, 0.1) is 0 Å². The first-order valence-electron chi connectivity index (χ1n) is 8.79. The van der Waals surface area contributed by atoms with Gasteiger partial charge in [-0.2, -0.15) is 0 Å². The standard InChI is InChI=1S/C20H22N4O2/c1-3-13-21-19(25)18-22-17(16-12-8-9-14-24(16)18)20(26)23(4-2)15-10-6-5-7-11-15/h5-12,14H,3-4,13H2,1-2H3,(H,21,25). The fraction of sp³-hybridized carbons (Fsp3) is 0.250. The molecular weight excluding hydrogens is 328 g/mol. The fourth-order valence-corrected chi connectivity index (χ4v) is 2.85. The Kier molecular flexibility index (Phi) is 5.31. The topological polar surface area (TPSA) is 66.7 Å². The van der Waals surface area contributed by atoms with Gasteiger partial charge in [-0.1, -0.05) is 31.2 Å². The van der Waals surface area contributed by atoms with Crippen LogP contribution in [0.2, 0.25) is 0 Å². The fourth-order valence-electron chi connectivity index (χ4n) is 2.85. The maximum absolute atomic E-state index is 13.2. The van der Waals surface area contributed by atoms with Gasteiger partial charge in [0.05, 0.1) is 5.52 Å². The molecule has 0 aliphatic carbocycles. The lowest BCUT2D eigenvalue weighted by molar-refractivity contribution is 0.0942. The molecule has 0 aliphatic heterocycles. The van der Waals surface area contributed by atoms with E-state index in [0.717, 1.165) is 12.1 Å². The van der Waals surface area contributed by atoms with E-state index in [1.54, 1.807) is 21.6 Å². The number of pyridine rings is 1. The number of carbonyl (C=O) groups excluding carboxylic acids is 2. The summed E-state index contributed by atoms with van der Waals surface area (Å²) in [5.41, 5.74) is 1.69. The number of carbonyl (C=O) groups is 2. The predicted molar refractivity (Wildman–Crippen MR) is 102 cm³/mol. The van der Waals surface area contributed by atoms with Gasteiger partial charge in [0.1, 0.15) is 0 Å². The second-order valence-corrected chi connectivity index (χ2v) is 5.88. The van der Waals surface area contributed by atoms with Gasteiger partial charge in [-0.3, -0.25) is 14.0 Å². The Balaban J connectivity index is 2.04. The lowest BCUT2D eigenvalue weighted by Crippen LogP contribution is -2.31. The van der Waals surface area contributed by atoms with E-state index >= 15 is 0 Å². The molecule has 2 amide bonds. The molecule has 1 N–H and O–H groups in total. The highest BCUT2D eigenvalue weighted by Gasteiger charge is 2.25. The van der Waals surface area contributed by atoms with Crippen LogP contribution < -0.4 is 10.2 Å². The number of amides is 2. The van der Waals surface area contributed by atoms with Gasteiger partial charge in [-0.25, -0.2) is 4.98 Å². The summed E-state index contributed by atoms with van der Waals surface area (Å²) in [6.07, 6.45) is 2.58. The van der Waals surface area contributed by atoms with E-state index in [9.17, 15) is 9.59 Å². The van der Waals surface area contributed by atoms with Crippen LogP contribution in [0.15, 0.2) is 54.7 Å². The van der Waals surface area contributed by atoms with Crippen LogP contribution in [0.4, 0.5) is 5.69 Å². The zero-order valence-electron chi connectivity index (χ0n) is 15.0. The maximum atomic E-state index is 13.2. The Hall–Kier alpha value is -3.15. The molecule has 3 rings (SSSR count). The molecule has 0 bridgehead atoms. The van der Waals surface area contributed by atoms with E-state index in [0.29, 0.717) is 18.6 Å². The molecule has 6 nitrogen and oxygen atoms in total. The zero-order valence-corrected chi connectivity index (χ0v) is 15.0. The number of hydrogen-bond acceptors (Lipinski definition) is 3. The van der Waals surface area contributed by atoms with Crippen molar-refractivity contribution in [3.8, 4) is 0 Å². The number of nitrogens with one attached hydrogen (secondary N) is 1. The highest BCUT2D eigenvalue weighted by molar-refractivity contribution is 6.10. The van der Waals surface area contributed by atoms with Crippen molar-refractivity contribution in [2.75, 3.05) is 18.0 Å². The summed E-state index contributed by atoms with van der Waals surface area (Å²) in [4.78, 5) is 31.7. The van der Waals surface area contributed by atoms with E-state index in [2.05, 4.69) is 10.3 Å². The first-order chi connectivity index (χ1) is 12.7. The number of aromatic nitrogens is 2. The van der Waals surface area contributed by atoms with Crippen molar-refractivity contribution in [2.45, 2.75) is 20.3 Å². The average Bonchev–Trinajstić information content (AvgIpc) is 3.07. The Morgan fingerprint density at radius 2 is 1.81 bits per heavy atom. The molecule has 1 aromatic carbocycles. The van der Waals surface area contributed by atoms with Gasteiger partial charge in [0.2, 0.25) is 5.82 Å². The third-order valence-corrected chi connectivity index (χ3v) is 4.12. The summed E-state index contributed by atoms with van der Waals surface area (Å²) in [5, 5.41) is 2.82. The van der Waals surface area contributed by atoms with E-state index in [1.807, 2.05) is 56.3 Å². The van der Waals surface area contributed by atoms with Crippen LogP contribution in [0.1, 0.15) is 41.4 Å². The van der Waals surface area contributed by atoms with E-state index in [1.165, 1.54) is 0 Å². The first-order valence-corrected chi connectivity index (χ1v) is 8.79. The number of rotatable bonds is 6. The van der Waals surface area contributed by atoms with Crippen molar-refractivity contribution < 1.29 is 9.59 Å². The predicted octanol–water partition coefficient (Wildman–Crippen LogP) is 3.14. The van der Waals surface area contributed by atoms with Crippen LogP contribution in [0.25, 0.3) is 5.52 Å². The third-order valence-electron chi connectivity index (χ3n) is 4.12. The quantitative estimate of drug-likeness (QED) is 0.743. The van der Waals surface area contributed by atoms with Crippen LogP contribution in [-0.4, -0.2) is 34.3 Å². The molecule has 2 heterocycles. The monoisotopic (exact) mass is 350 g/mol. The molecule has 0 saturated carbocycles. The third kappa shape index (κ3) is 3.31. The van der Waals surface area contributed by atoms with Gasteiger partial charge in [0.15, 0.2) is 5.69 Å².